The predicted molar refractivity (Wildman–Crippen MR) is 69.2 cm³/mol. The standard InChI is InChI=1S/C8H19OP.2BrH.Ir/c1-7(2)5-10(9)6-8(3)4;;;/h7-9H,5-6H2,1-4H3;2*1H;. The van der Waals surface area contributed by atoms with Gasteiger partial charge in [0.1, 0.15) is 0 Å². The molecule has 0 saturated carbocycles. The number of rotatable bonds is 4. The second kappa shape index (κ2) is 14.0. The summed E-state index contributed by atoms with van der Waals surface area (Å²) in [5.74, 6) is 1.30. The van der Waals surface area contributed by atoms with Gasteiger partial charge in [-0.05, 0) is 24.2 Å². The molecule has 0 fully saturated rings. The van der Waals surface area contributed by atoms with Crippen molar-refractivity contribution < 1.29 is 25.0 Å². The third kappa shape index (κ3) is 20.2. The summed E-state index contributed by atoms with van der Waals surface area (Å²) in [5.41, 5.74) is 0. The Hall–Kier alpha value is 2.00. The van der Waals surface area contributed by atoms with Crippen LogP contribution in [0.2, 0.25) is 0 Å². The summed E-state index contributed by atoms with van der Waals surface area (Å²) >= 11 is 0. The molecule has 1 N–H and O–H groups in total. The van der Waals surface area contributed by atoms with Gasteiger partial charge in [0.2, 0.25) is 0 Å². The Kier molecular flexibility index (Phi) is 26.2. The summed E-state index contributed by atoms with van der Waals surface area (Å²) in [6, 6.07) is 0. The fraction of sp³-hybridized carbons (Fsp3) is 1.00. The third-order valence-electron chi connectivity index (χ3n) is 1.15. The van der Waals surface area contributed by atoms with E-state index in [9.17, 15) is 4.89 Å². The van der Waals surface area contributed by atoms with Crippen LogP contribution in [-0.2, 0) is 20.1 Å². The van der Waals surface area contributed by atoms with Gasteiger partial charge in [0.25, 0.3) is 0 Å². The summed E-state index contributed by atoms with van der Waals surface area (Å²) in [6.07, 6.45) is 2.01. The molecule has 0 atom stereocenters. The maximum atomic E-state index is 9.45. The molecule has 1 radical (unpaired) electrons. The third-order valence-corrected chi connectivity index (χ3v) is 3.46. The van der Waals surface area contributed by atoms with E-state index >= 15 is 0 Å². The van der Waals surface area contributed by atoms with E-state index in [0.29, 0.717) is 11.8 Å². The van der Waals surface area contributed by atoms with Crippen LogP contribution in [0.1, 0.15) is 27.7 Å². The van der Waals surface area contributed by atoms with Gasteiger partial charge in [-0.2, -0.15) is 0 Å². The molecule has 1 nitrogen and oxygen atoms in total. The van der Waals surface area contributed by atoms with E-state index in [1.807, 2.05) is 0 Å². The van der Waals surface area contributed by atoms with Crippen molar-refractivity contribution in [1.29, 1.82) is 0 Å². The van der Waals surface area contributed by atoms with Crippen LogP contribution in [0, 0.1) is 11.8 Å². The molecule has 0 aromatic rings. The van der Waals surface area contributed by atoms with Crippen molar-refractivity contribution in [3.63, 3.8) is 0 Å². The van der Waals surface area contributed by atoms with Crippen LogP contribution in [0.5, 0.6) is 0 Å². The number of halogens is 2. The molecule has 0 spiro atoms. The van der Waals surface area contributed by atoms with Gasteiger partial charge in [-0.15, -0.1) is 34.0 Å². The predicted octanol–water partition coefficient (Wildman–Crippen LogP) is 3.84. The molecule has 0 unspecified atom stereocenters. The Bertz CT molecular complexity index is 84.2. The molecule has 0 bridgehead atoms. The second-order valence-electron chi connectivity index (χ2n) is 3.66. The van der Waals surface area contributed by atoms with Crippen molar-refractivity contribution in [2.24, 2.45) is 11.8 Å². The molecule has 0 amide bonds. The van der Waals surface area contributed by atoms with E-state index in [1.54, 1.807) is 0 Å². The van der Waals surface area contributed by atoms with Gasteiger partial charge in [-0.3, -0.25) is 0 Å². The van der Waals surface area contributed by atoms with Crippen molar-refractivity contribution in [3.05, 3.63) is 0 Å². The van der Waals surface area contributed by atoms with E-state index in [4.69, 9.17) is 0 Å². The summed E-state index contributed by atoms with van der Waals surface area (Å²) in [4.78, 5) is 9.45. The van der Waals surface area contributed by atoms with Crippen molar-refractivity contribution in [3.8, 4) is 0 Å². The Morgan fingerprint density at radius 3 is 1.31 bits per heavy atom. The van der Waals surface area contributed by atoms with Crippen LogP contribution in [-0.4, -0.2) is 17.2 Å². The maximum Gasteiger partial charge on any atom is 0.0256 e. The Labute approximate surface area is 118 Å². The van der Waals surface area contributed by atoms with Crippen LogP contribution >= 0.6 is 42.1 Å². The summed E-state index contributed by atoms with van der Waals surface area (Å²) < 4.78 is 0. The van der Waals surface area contributed by atoms with Crippen molar-refractivity contribution in [2.75, 3.05) is 12.3 Å². The minimum Gasteiger partial charge on any atom is -0.374 e. The summed E-state index contributed by atoms with van der Waals surface area (Å²) in [6.45, 7) is 8.63. The molecule has 0 heterocycles. The zero-order chi connectivity index (χ0) is 8.15. The number of hydrogen-bond acceptors (Lipinski definition) is 1. The molecular formula is C8H21Br2IrOP. The monoisotopic (exact) mass is 515 g/mol. The normalized spacial score (nSPS) is 9.23. The molecule has 5 heteroatoms. The average Bonchev–Trinajstić information content (AvgIpc) is 1.58. The second-order valence-corrected chi connectivity index (χ2v) is 5.40. The topological polar surface area (TPSA) is 20.2 Å². The molecule has 0 aromatic heterocycles. The molecule has 0 rings (SSSR count). The largest absolute Gasteiger partial charge is 0.374 e. The quantitative estimate of drug-likeness (QED) is 0.564. The zero-order valence-corrected chi connectivity index (χ0v) is 15.3. The van der Waals surface area contributed by atoms with Crippen LogP contribution in [0.3, 0.4) is 0 Å². The van der Waals surface area contributed by atoms with Gasteiger partial charge in [0.05, 0.1) is 0 Å². The van der Waals surface area contributed by atoms with E-state index < -0.39 is 8.15 Å². The van der Waals surface area contributed by atoms with Crippen LogP contribution in [0.15, 0.2) is 0 Å². The van der Waals surface area contributed by atoms with E-state index in [2.05, 4.69) is 27.7 Å². The molecular weight excluding hydrogens is 495 g/mol. The molecule has 0 aliphatic rings. The van der Waals surface area contributed by atoms with E-state index in [0.717, 1.165) is 12.3 Å². The average molecular weight is 516 g/mol. The number of hydrogen-bond donors (Lipinski definition) is 1. The molecule has 0 aromatic carbocycles. The van der Waals surface area contributed by atoms with Crippen LogP contribution in [0.4, 0.5) is 0 Å². The fourth-order valence-corrected chi connectivity index (χ4v) is 2.75. The van der Waals surface area contributed by atoms with Gasteiger partial charge in [-0.1, -0.05) is 27.7 Å². The van der Waals surface area contributed by atoms with Crippen molar-refractivity contribution >= 4 is 42.1 Å². The molecule has 13 heavy (non-hydrogen) atoms. The maximum absolute atomic E-state index is 9.45. The van der Waals surface area contributed by atoms with E-state index in [1.165, 1.54) is 0 Å². The first-order valence-electron chi connectivity index (χ1n) is 3.96. The summed E-state index contributed by atoms with van der Waals surface area (Å²) in [7, 11) is -0.659. The fourth-order valence-electron chi connectivity index (χ4n) is 0.918. The first-order valence-corrected chi connectivity index (χ1v) is 5.62. The Morgan fingerprint density at radius 1 is 0.923 bits per heavy atom. The van der Waals surface area contributed by atoms with Gasteiger partial charge in [0, 0.05) is 28.3 Å². The van der Waals surface area contributed by atoms with Gasteiger partial charge < -0.3 is 4.89 Å². The first kappa shape index (κ1) is 24.3. The Balaban J connectivity index is -0.000000135. The summed E-state index contributed by atoms with van der Waals surface area (Å²) in [5, 5.41) is 0. The van der Waals surface area contributed by atoms with Gasteiger partial charge in [-0.25, -0.2) is 0 Å². The molecule has 87 valence electrons. The SMILES string of the molecule is Br.Br.CC(C)CP(O)CC(C)C.[Ir]. The zero-order valence-electron chi connectivity index (χ0n) is 8.61. The first-order chi connectivity index (χ1) is 4.52. The van der Waals surface area contributed by atoms with Gasteiger partial charge in [0.15, 0.2) is 0 Å². The minimum absolute atomic E-state index is 0. The smallest absolute Gasteiger partial charge is 0.0256 e. The molecule has 0 aliphatic carbocycles. The molecule has 0 aliphatic heterocycles. The minimum atomic E-state index is -0.659. The van der Waals surface area contributed by atoms with Gasteiger partial charge >= 0.3 is 0 Å². The van der Waals surface area contributed by atoms with E-state index in [-0.39, 0.29) is 54.1 Å². The molecule has 0 saturated heterocycles. The van der Waals surface area contributed by atoms with Crippen LogP contribution in [0.25, 0.3) is 0 Å². The van der Waals surface area contributed by atoms with Crippen molar-refractivity contribution in [2.45, 2.75) is 27.7 Å². The van der Waals surface area contributed by atoms with Crippen molar-refractivity contribution in [1.82, 2.24) is 0 Å². The van der Waals surface area contributed by atoms with Crippen LogP contribution < -0.4 is 0 Å². The Morgan fingerprint density at radius 2 is 1.15 bits per heavy atom.